The molecule has 0 aromatic rings. The van der Waals surface area contributed by atoms with E-state index in [0.717, 1.165) is 6.42 Å². The summed E-state index contributed by atoms with van der Waals surface area (Å²) in [5.41, 5.74) is 0.283. The van der Waals surface area contributed by atoms with Crippen LogP contribution in [0.25, 0.3) is 0 Å². The van der Waals surface area contributed by atoms with Gasteiger partial charge in [0.05, 0.1) is 6.61 Å². The molecule has 1 atom stereocenters. The molecule has 0 spiro atoms. The smallest absolute Gasteiger partial charge is 0.0610 e. The Balaban J connectivity index is 2.26. The second-order valence-corrected chi connectivity index (χ2v) is 7.38. The van der Waals surface area contributed by atoms with E-state index in [9.17, 15) is 5.11 Å². The minimum Gasteiger partial charge on any atom is -0.394 e. The molecule has 2 N–H and O–H groups in total. The molecule has 1 unspecified atom stereocenters. The van der Waals surface area contributed by atoms with E-state index < -0.39 is 0 Å². The van der Waals surface area contributed by atoms with E-state index in [-0.39, 0.29) is 12.1 Å². The van der Waals surface area contributed by atoms with Crippen LogP contribution in [0.1, 0.15) is 66.7 Å². The second-order valence-electron chi connectivity index (χ2n) is 7.38. The Labute approximate surface area is 119 Å². The van der Waals surface area contributed by atoms with E-state index in [1.54, 1.807) is 0 Å². The Bertz CT molecular complexity index is 265. The average molecular weight is 270 g/mol. The zero-order valence-corrected chi connectivity index (χ0v) is 13.6. The number of hydrogen-bond donors (Lipinski definition) is 2. The molecule has 0 aromatic carbocycles. The molecule has 114 valence electrons. The molecule has 3 heteroatoms. The molecule has 0 aliphatic carbocycles. The maximum Gasteiger partial charge on any atom is 0.0610 e. The minimum atomic E-state index is -0.116. The van der Waals surface area contributed by atoms with Gasteiger partial charge in [-0.2, -0.15) is 0 Å². The second kappa shape index (κ2) is 7.05. The highest BCUT2D eigenvalue weighted by atomic mass is 16.3. The summed E-state index contributed by atoms with van der Waals surface area (Å²) in [5, 5.41) is 13.0. The summed E-state index contributed by atoms with van der Waals surface area (Å²) in [5.74, 6) is 0. The Morgan fingerprint density at radius 2 is 2.00 bits per heavy atom. The standard InChI is InChI=1S/C16H34N2O/c1-14(2)17-16(5,13-19)10-6-7-11-18-12-8-9-15(18,3)4/h14,17,19H,6-13H2,1-5H3. The number of hydrogen-bond acceptors (Lipinski definition) is 3. The van der Waals surface area contributed by atoms with Crippen molar-refractivity contribution in [1.82, 2.24) is 10.2 Å². The van der Waals surface area contributed by atoms with Gasteiger partial charge in [-0.15, -0.1) is 0 Å². The lowest BCUT2D eigenvalue weighted by Gasteiger charge is -2.33. The van der Waals surface area contributed by atoms with E-state index >= 15 is 0 Å². The van der Waals surface area contributed by atoms with Gasteiger partial charge in [-0.05, 0) is 59.5 Å². The summed E-state index contributed by atoms with van der Waals surface area (Å²) in [7, 11) is 0. The van der Waals surface area contributed by atoms with Crippen LogP contribution in [0, 0.1) is 0 Å². The monoisotopic (exact) mass is 270 g/mol. The molecule has 3 nitrogen and oxygen atoms in total. The first-order valence-corrected chi connectivity index (χ1v) is 7.93. The third-order valence-corrected chi connectivity index (χ3v) is 4.47. The van der Waals surface area contributed by atoms with Crippen LogP contribution in [-0.2, 0) is 0 Å². The van der Waals surface area contributed by atoms with Gasteiger partial charge >= 0.3 is 0 Å². The third-order valence-electron chi connectivity index (χ3n) is 4.47. The predicted octanol–water partition coefficient (Wildman–Crippen LogP) is 2.78. The topological polar surface area (TPSA) is 35.5 Å². The van der Waals surface area contributed by atoms with E-state index in [0.29, 0.717) is 11.6 Å². The van der Waals surface area contributed by atoms with Gasteiger partial charge in [0.2, 0.25) is 0 Å². The molecule has 1 fully saturated rings. The van der Waals surface area contributed by atoms with Gasteiger partial charge in [-0.25, -0.2) is 0 Å². The van der Waals surface area contributed by atoms with Gasteiger partial charge in [0.25, 0.3) is 0 Å². The Hall–Kier alpha value is -0.120. The van der Waals surface area contributed by atoms with Gasteiger partial charge in [-0.3, -0.25) is 4.90 Å². The maximum atomic E-state index is 9.56. The fourth-order valence-corrected chi connectivity index (χ4v) is 3.29. The first-order chi connectivity index (χ1) is 8.79. The minimum absolute atomic E-state index is 0.116. The lowest BCUT2D eigenvalue weighted by molar-refractivity contribution is 0.144. The zero-order chi connectivity index (χ0) is 14.5. The molecule has 1 heterocycles. The van der Waals surface area contributed by atoms with Crippen LogP contribution in [0.15, 0.2) is 0 Å². The van der Waals surface area contributed by atoms with Crippen LogP contribution in [0.3, 0.4) is 0 Å². The van der Waals surface area contributed by atoms with Crippen molar-refractivity contribution in [1.29, 1.82) is 0 Å². The first-order valence-electron chi connectivity index (χ1n) is 7.93. The van der Waals surface area contributed by atoms with Crippen molar-refractivity contribution in [2.75, 3.05) is 19.7 Å². The molecule has 1 aliphatic heterocycles. The molecule has 1 aliphatic rings. The van der Waals surface area contributed by atoms with Gasteiger partial charge < -0.3 is 10.4 Å². The largest absolute Gasteiger partial charge is 0.394 e. The molecule has 0 aromatic heterocycles. The molecular weight excluding hydrogens is 236 g/mol. The fourth-order valence-electron chi connectivity index (χ4n) is 3.29. The zero-order valence-electron chi connectivity index (χ0n) is 13.6. The van der Waals surface area contributed by atoms with Crippen LogP contribution in [0.5, 0.6) is 0 Å². The van der Waals surface area contributed by atoms with Crippen LogP contribution in [-0.4, -0.2) is 46.8 Å². The summed E-state index contributed by atoms with van der Waals surface area (Å²) in [6.45, 7) is 13.8. The molecule has 0 amide bonds. The predicted molar refractivity (Wildman–Crippen MR) is 82.5 cm³/mol. The summed E-state index contributed by atoms with van der Waals surface area (Å²) in [6, 6.07) is 0.426. The molecule has 0 radical (unpaired) electrons. The Morgan fingerprint density at radius 3 is 2.47 bits per heavy atom. The highest BCUT2D eigenvalue weighted by Gasteiger charge is 2.31. The number of rotatable bonds is 8. The van der Waals surface area contributed by atoms with E-state index in [1.165, 1.54) is 38.8 Å². The summed E-state index contributed by atoms with van der Waals surface area (Å²) < 4.78 is 0. The molecule has 0 bridgehead atoms. The first kappa shape index (κ1) is 16.9. The van der Waals surface area contributed by atoms with Crippen molar-refractivity contribution in [2.24, 2.45) is 0 Å². The average Bonchev–Trinajstić information content (AvgIpc) is 2.63. The van der Waals surface area contributed by atoms with Crippen molar-refractivity contribution in [2.45, 2.75) is 83.8 Å². The van der Waals surface area contributed by atoms with Gasteiger partial charge in [-0.1, -0.05) is 20.3 Å². The van der Waals surface area contributed by atoms with Crippen molar-refractivity contribution in [3.63, 3.8) is 0 Å². The lowest BCUT2D eigenvalue weighted by Crippen LogP contribution is -2.49. The normalized spacial score (nSPS) is 22.9. The van der Waals surface area contributed by atoms with Gasteiger partial charge in [0.15, 0.2) is 0 Å². The third kappa shape index (κ3) is 5.41. The van der Waals surface area contributed by atoms with Crippen LogP contribution >= 0.6 is 0 Å². The SMILES string of the molecule is CC(C)NC(C)(CO)CCCCN1CCCC1(C)C. The fraction of sp³-hybridized carbons (Fsp3) is 1.00. The van der Waals surface area contributed by atoms with Crippen molar-refractivity contribution >= 4 is 0 Å². The molecule has 0 saturated carbocycles. The Kier molecular flexibility index (Phi) is 6.28. The summed E-state index contributed by atoms with van der Waals surface area (Å²) in [6.07, 6.45) is 6.14. The quantitative estimate of drug-likeness (QED) is 0.666. The molecular formula is C16H34N2O. The molecule has 19 heavy (non-hydrogen) atoms. The summed E-state index contributed by atoms with van der Waals surface area (Å²) >= 11 is 0. The number of nitrogens with zero attached hydrogens (tertiary/aromatic N) is 1. The number of aliphatic hydroxyl groups excluding tert-OH is 1. The van der Waals surface area contributed by atoms with E-state index in [2.05, 4.69) is 44.8 Å². The number of aliphatic hydroxyl groups is 1. The van der Waals surface area contributed by atoms with E-state index in [4.69, 9.17) is 0 Å². The van der Waals surface area contributed by atoms with Crippen molar-refractivity contribution in [3.8, 4) is 0 Å². The van der Waals surface area contributed by atoms with Gasteiger partial charge in [0.1, 0.15) is 0 Å². The lowest BCUT2D eigenvalue weighted by atomic mass is 9.94. The van der Waals surface area contributed by atoms with E-state index in [1.807, 2.05) is 0 Å². The highest BCUT2D eigenvalue weighted by Crippen LogP contribution is 2.28. The van der Waals surface area contributed by atoms with Gasteiger partial charge in [0, 0.05) is 17.1 Å². The molecule has 1 saturated heterocycles. The van der Waals surface area contributed by atoms with Crippen molar-refractivity contribution < 1.29 is 5.11 Å². The number of likely N-dealkylation sites (tertiary alicyclic amines) is 1. The van der Waals surface area contributed by atoms with Crippen LogP contribution in [0.4, 0.5) is 0 Å². The number of unbranched alkanes of at least 4 members (excludes halogenated alkanes) is 1. The highest BCUT2D eigenvalue weighted by molar-refractivity contribution is 4.88. The number of nitrogens with one attached hydrogen (secondary N) is 1. The molecule has 1 rings (SSSR count). The maximum absolute atomic E-state index is 9.56. The summed E-state index contributed by atoms with van der Waals surface area (Å²) in [4.78, 5) is 2.62. The van der Waals surface area contributed by atoms with Crippen LogP contribution in [0.2, 0.25) is 0 Å². The van der Waals surface area contributed by atoms with Crippen LogP contribution < -0.4 is 5.32 Å². The van der Waals surface area contributed by atoms with Crippen molar-refractivity contribution in [3.05, 3.63) is 0 Å². The Morgan fingerprint density at radius 1 is 1.32 bits per heavy atom.